The molecule has 0 unspecified atom stereocenters. The van der Waals surface area contributed by atoms with Crippen molar-refractivity contribution < 1.29 is 167 Å². The zero-order chi connectivity index (χ0) is 107. The van der Waals surface area contributed by atoms with E-state index in [1.54, 1.807) is 85.9 Å². The number of aromatic nitrogens is 6. The number of nitro groups is 2. The van der Waals surface area contributed by atoms with Crippen LogP contribution in [0.15, 0.2) is 295 Å². The first-order chi connectivity index (χ1) is 69.8. The van der Waals surface area contributed by atoms with Crippen LogP contribution in [0.4, 0.5) is 57.9 Å². The number of non-ortho nitro benzene ring substituents is 2. The second-order valence-electron chi connectivity index (χ2n) is 30.5. The zero-order valence-corrected chi connectivity index (χ0v) is 94.1. The molecule has 2 radical (unpaired) electrons. The smallest absolute Gasteiger partial charge is 0.410 e. The largest absolute Gasteiger partial charge is 0.508 e. The van der Waals surface area contributed by atoms with Crippen molar-refractivity contribution >= 4 is 106 Å². The Bertz CT molecular complexity index is 5900. The Balaban J connectivity index is -0.00000160. The monoisotopic (exact) mass is 2340 g/mol. The van der Waals surface area contributed by atoms with Gasteiger partial charge < -0.3 is 93.7 Å². The quantitative estimate of drug-likeness (QED) is 0.00322. The number of nitrogen functional groups attached to an aromatic ring is 3. The number of ether oxygens (including phenoxy) is 4. The number of nitrogens with zero attached hydrogens (tertiary/aromatic N) is 14. The molecule has 0 atom stereocenters. The van der Waals surface area contributed by atoms with E-state index in [0.717, 1.165) is 147 Å². The number of hydrogen-bond donors (Lipinski definition) is 14. The summed E-state index contributed by atoms with van der Waals surface area (Å²) >= 11 is 5.24. The Morgan fingerprint density at radius 1 is 0.567 bits per heavy atom. The minimum absolute atomic E-state index is 0. The van der Waals surface area contributed by atoms with Crippen LogP contribution in [-0.2, 0) is 14.4 Å². The number of benzene rings is 11. The van der Waals surface area contributed by atoms with Gasteiger partial charge in [0, 0.05) is 201 Å². The number of nitrogens with two attached hydrogens (primary N) is 5. The normalized spacial score (nSPS) is 10.9. The fourth-order valence-electron chi connectivity index (χ4n) is 11.8. The summed E-state index contributed by atoms with van der Waals surface area (Å²) in [6, 6.07) is 84.7. The van der Waals surface area contributed by atoms with Crippen molar-refractivity contribution in [3.8, 4) is 35.4 Å². The van der Waals surface area contributed by atoms with E-state index in [-0.39, 0.29) is 166 Å². The summed E-state index contributed by atoms with van der Waals surface area (Å²) in [4.78, 5) is 78.8. The number of aromatic amines is 1. The van der Waals surface area contributed by atoms with Crippen molar-refractivity contribution in [3.05, 3.63) is 355 Å². The number of para-hydroxylation sites is 3. The summed E-state index contributed by atoms with van der Waals surface area (Å²) < 4.78 is 22.6. The molecule has 150 heavy (non-hydrogen) atoms. The molecule has 13 aromatic rings. The number of hydrazine groups is 1. The number of amidine groups is 1. The summed E-state index contributed by atoms with van der Waals surface area (Å²) in [6.45, 7) is 31.1. The van der Waals surface area contributed by atoms with Gasteiger partial charge in [-0.1, -0.05) is 182 Å². The molecule has 0 aliphatic carbocycles. The Labute approximate surface area is 945 Å². The molecule has 1 amide bonds. The number of nitro benzene ring substituents is 2. The summed E-state index contributed by atoms with van der Waals surface area (Å²) in [5, 5.41) is 93.7. The second-order valence-corrected chi connectivity index (χ2v) is 30.8. The maximum atomic E-state index is 12.5. The number of aromatic hydroxyl groups is 1. The average Bonchev–Trinajstić information content (AvgIpc) is 1.68. The molecule has 0 spiro atoms. The molecule has 15 rings (SSSR count). The van der Waals surface area contributed by atoms with Crippen LogP contribution in [0.2, 0.25) is 6.82 Å². The number of morpholine rings is 1. The number of hydrogen-bond acceptors (Lipinski definition) is 34. The van der Waals surface area contributed by atoms with Gasteiger partial charge in [0.25, 0.3) is 22.5 Å². The van der Waals surface area contributed by atoms with Gasteiger partial charge in [0.05, 0.1) is 41.4 Å². The number of aliphatic imine (C=N–C) groups is 2. The molecular weight excluding hydrogens is 2210 g/mol. The third-order valence-corrected chi connectivity index (χ3v) is 18.7. The van der Waals surface area contributed by atoms with Gasteiger partial charge in [0.1, 0.15) is 23.0 Å². The summed E-state index contributed by atoms with van der Waals surface area (Å²) in [5.41, 5.74) is 28.7. The van der Waals surface area contributed by atoms with Gasteiger partial charge in [-0.2, -0.15) is 35.2 Å². The number of phenols is 1. The third-order valence-electron chi connectivity index (χ3n) is 18.5. The van der Waals surface area contributed by atoms with Crippen LogP contribution >= 0.6 is 11.6 Å². The first kappa shape index (κ1) is 140. The molecule has 798 valence electrons. The summed E-state index contributed by atoms with van der Waals surface area (Å²) in [7, 11) is 0.674. The maximum Gasteiger partial charge on any atom is 0.410 e. The molecule has 2 aliphatic rings. The number of aliphatic hydroxyl groups is 2. The van der Waals surface area contributed by atoms with E-state index >= 15 is 0 Å². The van der Waals surface area contributed by atoms with Crippen LogP contribution in [0.25, 0.3) is 0 Å². The van der Waals surface area contributed by atoms with Crippen LogP contribution in [0.1, 0.15) is 93.3 Å². The number of amides is 1. The number of H-pyrrole nitrogens is 1. The number of nitriles is 2. The van der Waals surface area contributed by atoms with Gasteiger partial charge in [0.15, 0.2) is 6.19 Å². The molecule has 2 saturated heterocycles. The topological polar surface area (TPSA) is 692 Å². The van der Waals surface area contributed by atoms with Crippen molar-refractivity contribution in [3.63, 3.8) is 0 Å². The van der Waals surface area contributed by atoms with Crippen molar-refractivity contribution in [2.24, 2.45) is 21.7 Å². The molecule has 0 saturated carbocycles. The number of phenolic OH excluding ortho intramolecular Hbond substituents is 1. The van der Waals surface area contributed by atoms with E-state index in [2.05, 4.69) is 80.0 Å². The van der Waals surface area contributed by atoms with Gasteiger partial charge in [-0.3, -0.25) is 56.0 Å². The molecule has 2 aromatic heterocycles. The molecule has 0 bridgehead atoms. The van der Waals surface area contributed by atoms with Crippen molar-refractivity contribution in [2.75, 3.05) is 114 Å². The number of anilines is 7. The van der Waals surface area contributed by atoms with Crippen LogP contribution in [0.5, 0.6) is 23.0 Å². The predicted molar refractivity (Wildman–Crippen MR) is 580 cm³/mol. The first-order valence-electron chi connectivity index (χ1n) is 45.4. The number of rotatable bonds is 20. The van der Waals surface area contributed by atoms with E-state index in [0.29, 0.717) is 46.7 Å². The third kappa shape index (κ3) is 62.5. The van der Waals surface area contributed by atoms with E-state index in [4.69, 9.17) is 78.4 Å². The van der Waals surface area contributed by atoms with E-state index in [1.807, 2.05) is 260 Å². The van der Waals surface area contributed by atoms with Crippen LogP contribution in [-0.4, -0.2) is 213 Å². The van der Waals surface area contributed by atoms with Gasteiger partial charge in [0.2, 0.25) is 35.9 Å². The maximum absolute atomic E-state index is 12.5. The number of aryl methyl sites for hydroxylation is 7. The molecule has 2 aliphatic heterocycles. The number of nitrogens with one attached hydrogen (secondary N) is 5. The van der Waals surface area contributed by atoms with Crippen LogP contribution < -0.4 is 64.4 Å². The number of piperazine rings is 1. The number of halogens is 1. The molecule has 43 nitrogen and oxygen atoms in total. The Morgan fingerprint density at radius 2 is 1.01 bits per heavy atom. The van der Waals surface area contributed by atoms with E-state index in [9.17, 15) is 39.6 Å². The average molecular weight is 2340 g/mol. The molecule has 2 fully saturated rings. The van der Waals surface area contributed by atoms with Crippen LogP contribution in [0.3, 0.4) is 0 Å². The summed E-state index contributed by atoms with van der Waals surface area (Å²) in [6.07, 6.45) is 4.99. The van der Waals surface area contributed by atoms with E-state index in [1.165, 1.54) is 35.4 Å². The molecule has 25 N–H and O–H groups in total. The molecule has 11 aromatic carbocycles. The summed E-state index contributed by atoms with van der Waals surface area (Å²) in [5.74, 6) is 10.6. The Kier molecular flexibility index (Phi) is 78.6. The SMILES string of the molecule is CCC(=O)NCCN1CCOCC1.CCCON1CCN(B(C)O)CC1.CCO.CO.Cc1cccc(C(=O)Cl)c1.Cc1cccc(N)c1.Cc1cccc(N=C(NC#N)Oc2ccccc2)c1.Cc1cccc(Nc2n[nH]c(N)n2)c1.Cc1cccc(Nc2nc(N)n(C(=O)c3cccc(C)c3)n2)c1.Cc1cccc([N+](=O)[O-])c1.N#CN=C(Oc1ccccc1)Oc1ccccc1.NN.O.O.O.O=[N+]([O-])c1cccc(O)c1.[Pr].[Pr]. The molecular formula is C103H136BClN24O19Pr2. The van der Waals surface area contributed by atoms with Crippen molar-refractivity contribution in [1.29, 1.82) is 10.5 Å². The Morgan fingerprint density at radius 3 is 1.41 bits per heavy atom. The fraction of sp³-hybridized carbons (Fsp3) is 0.252. The van der Waals surface area contributed by atoms with Gasteiger partial charge >= 0.3 is 19.2 Å². The minimum atomic E-state index is -0.556. The van der Waals surface area contributed by atoms with Crippen molar-refractivity contribution in [1.82, 2.24) is 55.4 Å². The first-order valence-corrected chi connectivity index (χ1v) is 45.8. The van der Waals surface area contributed by atoms with Crippen molar-refractivity contribution in [2.45, 2.75) is 88.9 Å². The van der Waals surface area contributed by atoms with Gasteiger partial charge in [-0.25, -0.2) is 10.4 Å². The van der Waals surface area contributed by atoms with E-state index < -0.39 is 15.1 Å². The number of carbonyl (C=O) groups is 3. The minimum Gasteiger partial charge on any atom is -0.508 e. The standard InChI is InChI=1S/C17H17N5O.C15H13N3O.C14H10N2O2.C9H11N5.C9H18N2O2.C8H19BN2O2.C8H7ClO.C7H7NO2.C7H9N.C6H5NO3.C2H6O.CH4O.H4N2.3H2O.2Pr/c1-11-5-3-7-13(9-11)15(23)22-16(18)20-17(21-22)19-14-8-4-6-12(2)10-14;1-12-6-5-7-13(10-12)18-15(17-11-16)19-14-8-3-2-4-9-14;15-11-16-14(17-12-7-3-1-4-8-12)18-13-9-5-2-6-10-13;1-6-3-2-4-7(5-6)11-9-12-8(10)13-14-9;1-2-9(12)10-3-4-11-5-7-13-8-6-11;1-3-8-13-11-6-4-10(5-7-11)9(2)12;2*1-6-3-2-4-7(5-6)8(9)10;1-6-3-2-4-7(8)5-6;8-6-3-1-2-5(4-6)7(9)10;1-2-3;2*1-2;;;;;/h3-10H,1-2H3,(H3,18,19,20,21);2-10H,1H3,(H,17,18);1-10H;2-5H,1H3,(H4,10,11,12,13,14);2-8H2,1H3,(H,10,12);12H,3-8H2,1-2H3;2*2-5H,1H3;2-5H,8H2,1H3;1-4,8H;3H,2H2,1H3;2H,1H3;1-2H2;3*1H2;;. The molecule has 47 heteroatoms. The zero-order valence-electron chi connectivity index (χ0n) is 86.0. The van der Waals surface area contributed by atoms with Gasteiger partial charge in [-0.05, 0) is 217 Å². The molecule has 4 heterocycles. The fourth-order valence-corrected chi connectivity index (χ4v) is 11.9. The predicted octanol–water partition coefficient (Wildman–Crippen LogP) is 13.5. The van der Waals surface area contributed by atoms with Crippen LogP contribution in [0, 0.1) is 174 Å². The Hall–Kier alpha value is -13.8. The number of aliphatic hydroxyl groups excluding tert-OH is 2. The second kappa shape index (κ2) is 84.0. The number of hydroxylamine groups is 2. The number of carbonyl (C=O) groups excluding carboxylic acids is 3. The van der Waals surface area contributed by atoms with Gasteiger partial charge in [-0.15, -0.1) is 10.2 Å².